The van der Waals surface area contributed by atoms with E-state index in [9.17, 15) is 4.79 Å². The molecule has 1 aromatic rings. The number of aromatic nitrogens is 1. The Bertz CT molecular complexity index is 314. The van der Waals surface area contributed by atoms with E-state index in [2.05, 4.69) is 10.3 Å². The van der Waals surface area contributed by atoms with Gasteiger partial charge in [-0.2, -0.15) is 0 Å². The van der Waals surface area contributed by atoms with Gasteiger partial charge in [-0.25, -0.2) is 4.98 Å². The van der Waals surface area contributed by atoms with E-state index < -0.39 is 0 Å². The minimum Gasteiger partial charge on any atom is -0.350 e. The largest absolute Gasteiger partial charge is 0.350 e. The number of amides is 1. The number of carbonyl (C=O) groups excluding carboxylic acids is 1. The number of rotatable bonds is 4. The average Bonchev–Trinajstić information content (AvgIpc) is 2.62. The maximum absolute atomic E-state index is 11.5. The quantitative estimate of drug-likeness (QED) is 0.848. The van der Waals surface area contributed by atoms with E-state index in [4.69, 9.17) is 5.73 Å². The highest BCUT2D eigenvalue weighted by molar-refractivity contribution is 7.09. The lowest BCUT2D eigenvalue weighted by Gasteiger charge is -2.05. The number of carbonyl (C=O) groups is 1. The number of nitrogens with zero attached hydrogens (tertiary/aromatic N) is 1. The average molecular weight is 250 g/mol. The summed E-state index contributed by atoms with van der Waals surface area (Å²) in [6.07, 6.45) is 0. The summed E-state index contributed by atoms with van der Waals surface area (Å²) >= 11 is 1.42. The van der Waals surface area contributed by atoms with E-state index in [1.807, 2.05) is 13.8 Å². The number of thiazole rings is 1. The van der Waals surface area contributed by atoms with Gasteiger partial charge in [0.1, 0.15) is 10.7 Å². The molecular weight excluding hydrogens is 234 g/mol. The van der Waals surface area contributed by atoms with Gasteiger partial charge in [-0.3, -0.25) is 4.79 Å². The predicted octanol–water partition coefficient (Wildman–Crippen LogP) is 1.41. The van der Waals surface area contributed by atoms with Crippen molar-refractivity contribution in [2.24, 2.45) is 11.7 Å². The maximum atomic E-state index is 11.5. The van der Waals surface area contributed by atoms with Crippen molar-refractivity contribution >= 4 is 29.7 Å². The Morgan fingerprint density at radius 2 is 2.33 bits per heavy atom. The molecule has 1 rings (SSSR count). The Kier molecular flexibility index (Phi) is 6.47. The summed E-state index contributed by atoms with van der Waals surface area (Å²) in [4.78, 5) is 15.6. The van der Waals surface area contributed by atoms with Crippen molar-refractivity contribution in [2.75, 3.05) is 6.54 Å². The molecule has 1 heterocycles. The molecule has 15 heavy (non-hydrogen) atoms. The van der Waals surface area contributed by atoms with E-state index >= 15 is 0 Å². The molecule has 0 spiro atoms. The van der Waals surface area contributed by atoms with Gasteiger partial charge in [0, 0.05) is 18.5 Å². The van der Waals surface area contributed by atoms with Crippen LogP contribution >= 0.6 is 23.7 Å². The van der Waals surface area contributed by atoms with Crippen LogP contribution < -0.4 is 11.1 Å². The molecule has 0 atom stereocenters. The molecule has 0 saturated carbocycles. The highest BCUT2D eigenvalue weighted by Crippen LogP contribution is 2.08. The number of hydrogen-bond donors (Lipinski definition) is 2. The molecule has 0 bridgehead atoms. The highest BCUT2D eigenvalue weighted by Gasteiger charge is 2.09. The molecule has 6 heteroatoms. The first-order valence-corrected chi connectivity index (χ1v) is 5.44. The molecule has 0 unspecified atom stereocenters. The summed E-state index contributed by atoms with van der Waals surface area (Å²) in [5.41, 5.74) is 5.87. The molecule has 0 aliphatic rings. The van der Waals surface area contributed by atoms with Gasteiger partial charge in [-0.15, -0.1) is 23.7 Å². The monoisotopic (exact) mass is 249 g/mol. The van der Waals surface area contributed by atoms with Gasteiger partial charge in [0.2, 0.25) is 0 Å². The maximum Gasteiger partial charge on any atom is 0.270 e. The minimum absolute atomic E-state index is 0. The van der Waals surface area contributed by atoms with Crippen molar-refractivity contribution in [3.63, 3.8) is 0 Å². The van der Waals surface area contributed by atoms with Gasteiger partial charge in [0.05, 0.1) is 0 Å². The molecule has 0 fully saturated rings. The molecule has 4 nitrogen and oxygen atoms in total. The highest BCUT2D eigenvalue weighted by atomic mass is 35.5. The SMILES string of the molecule is CC(C)CNC(=O)c1csc(CN)n1.Cl. The van der Waals surface area contributed by atoms with E-state index in [0.29, 0.717) is 24.7 Å². The lowest BCUT2D eigenvalue weighted by Crippen LogP contribution is -2.27. The summed E-state index contributed by atoms with van der Waals surface area (Å²) in [5.74, 6) is 0.334. The summed E-state index contributed by atoms with van der Waals surface area (Å²) in [6, 6.07) is 0. The van der Waals surface area contributed by atoms with Crippen LogP contribution in [0.2, 0.25) is 0 Å². The third-order valence-electron chi connectivity index (χ3n) is 1.63. The molecule has 1 amide bonds. The Morgan fingerprint density at radius 3 is 2.80 bits per heavy atom. The first-order valence-electron chi connectivity index (χ1n) is 4.56. The van der Waals surface area contributed by atoms with Gasteiger partial charge in [0.25, 0.3) is 5.91 Å². The van der Waals surface area contributed by atoms with Crippen LogP contribution in [0.4, 0.5) is 0 Å². The lowest BCUT2D eigenvalue weighted by molar-refractivity contribution is 0.0944. The van der Waals surface area contributed by atoms with Crippen LogP contribution in [0.5, 0.6) is 0 Å². The van der Waals surface area contributed by atoms with Crippen molar-refractivity contribution < 1.29 is 4.79 Å². The number of hydrogen-bond acceptors (Lipinski definition) is 4. The van der Waals surface area contributed by atoms with Crippen LogP contribution in [0.15, 0.2) is 5.38 Å². The van der Waals surface area contributed by atoms with Crippen LogP contribution in [0.3, 0.4) is 0 Å². The molecule has 0 aliphatic carbocycles. The third-order valence-corrected chi connectivity index (χ3v) is 2.50. The molecule has 86 valence electrons. The summed E-state index contributed by atoms with van der Waals surface area (Å²) < 4.78 is 0. The lowest BCUT2D eigenvalue weighted by atomic mass is 10.2. The third kappa shape index (κ3) is 4.59. The van der Waals surface area contributed by atoms with Gasteiger partial charge in [-0.05, 0) is 5.92 Å². The van der Waals surface area contributed by atoms with Crippen LogP contribution in [-0.2, 0) is 6.54 Å². The van der Waals surface area contributed by atoms with Crippen molar-refractivity contribution in [3.05, 3.63) is 16.1 Å². The topological polar surface area (TPSA) is 68.0 Å². The number of halogens is 1. The fraction of sp³-hybridized carbons (Fsp3) is 0.556. The first kappa shape index (κ1) is 14.3. The number of nitrogens with two attached hydrogens (primary N) is 1. The van der Waals surface area contributed by atoms with E-state index in [0.717, 1.165) is 5.01 Å². The van der Waals surface area contributed by atoms with Gasteiger partial charge in [0.15, 0.2) is 0 Å². The summed E-state index contributed by atoms with van der Waals surface area (Å²) in [7, 11) is 0. The van der Waals surface area contributed by atoms with Crippen LogP contribution in [0.25, 0.3) is 0 Å². The first-order chi connectivity index (χ1) is 6.63. The molecule has 3 N–H and O–H groups in total. The van der Waals surface area contributed by atoms with Crippen LogP contribution in [0.1, 0.15) is 29.3 Å². The Balaban J connectivity index is 0.00000196. The summed E-state index contributed by atoms with van der Waals surface area (Å²) in [6.45, 7) is 5.16. The Hall–Kier alpha value is -0.650. The molecule has 1 aromatic heterocycles. The van der Waals surface area contributed by atoms with Crippen molar-refractivity contribution in [1.29, 1.82) is 0 Å². The Labute approximate surface area is 99.7 Å². The Morgan fingerprint density at radius 1 is 1.67 bits per heavy atom. The van der Waals surface area contributed by atoms with Gasteiger partial charge < -0.3 is 11.1 Å². The smallest absolute Gasteiger partial charge is 0.270 e. The van der Waals surface area contributed by atoms with E-state index in [-0.39, 0.29) is 18.3 Å². The van der Waals surface area contributed by atoms with E-state index in [1.165, 1.54) is 11.3 Å². The molecule has 0 radical (unpaired) electrons. The fourth-order valence-corrected chi connectivity index (χ4v) is 1.55. The van der Waals surface area contributed by atoms with Crippen LogP contribution in [0, 0.1) is 5.92 Å². The normalized spacial score (nSPS) is 9.87. The molecule has 0 aliphatic heterocycles. The van der Waals surface area contributed by atoms with Crippen molar-refractivity contribution in [1.82, 2.24) is 10.3 Å². The standard InChI is InChI=1S/C9H15N3OS.ClH/c1-6(2)4-11-9(13)7-5-14-8(3-10)12-7;/h5-6H,3-4,10H2,1-2H3,(H,11,13);1H. The second-order valence-corrected chi connectivity index (χ2v) is 4.38. The van der Waals surface area contributed by atoms with Crippen molar-refractivity contribution in [3.8, 4) is 0 Å². The fourth-order valence-electron chi connectivity index (χ4n) is 0.896. The second-order valence-electron chi connectivity index (χ2n) is 3.43. The van der Waals surface area contributed by atoms with Gasteiger partial charge in [-0.1, -0.05) is 13.8 Å². The molecule has 0 saturated heterocycles. The van der Waals surface area contributed by atoms with E-state index in [1.54, 1.807) is 5.38 Å². The summed E-state index contributed by atoms with van der Waals surface area (Å²) in [5, 5.41) is 5.33. The zero-order chi connectivity index (χ0) is 10.6. The molecule has 0 aromatic carbocycles. The van der Waals surface area contributed by atoms with Crippen LogP contribution in [-0.4, -0.2) is 17.4 Å². The van der Waals surface area contributed by atoms with Crippen molar-refractivity contribution in [2.45, 2.75) is 20.4 Å². The second kappa shape index (κ2) is 6.76. The zero-order valence-electron chi connectivity index (χ0n) is 8.82. The predicted molar refractivity (Wildman–Crippen MR) is 64.4 cm³/mol. The molecular formula is C9H16ClN3OS. The zero-order valence-corrected chi connectivity index (χ0v) is 10.5. The minimum atomic E-state index is -0.116. The number of nitrogens with one attached hydrogen (secondary N) is 1. The van der Waals surface area contributed by atoms with Gasteiger partial charge >= 0.3 is 0 Å².